The Morgan fingerprint density at radius 3 is 2.15 bits per heavy atom. The molecule has 0 spiro atoms. The van der Waals surface area contributed by atoms with Crippen molar-refractivity contribution in [2.45, 2.75) is 65.0 Å². The van der Waals surface area contributed by atoms with Crippen LogP contribution in [0.4, 0.5) is 4.79 Å². The van der Waals surface area contributed by atoms with Crippen molar-refractivity contribution in [2.24, 2.45) is 22.6 Å². The van der Waals surface area contributed by atoms with Gasteiger partial charge in [-0.05, 0) is 73.3 Å². The molecule has 0 saturated carbocycles. The van der Waals surface area contributed by atoms with Crippen LogP contribution in [0.2, 0.25) is 0 Å². The molecular formula is C39H50N3O5P. The number of fused-ring (bicyclic) bond motifs is 3. The Labute approximate surface area is 286 Å². The number of esters is 1. The molecule has 256 valence electrons. The summed E-state index contributed by atoms with van der Waals surface area (Å²) >= 11 is 0. The highest BCUT2D eigenvalue weighted by Crippen LogP contribution is 2.44. The SMILES string of the molecule is Cc1ccc(COC(=O)[C@@H](CC(=O)[C@@H](CCCN=C(N)CP(C)C)NC(=O)OCC2c3ccccc3-c3ccccc32)CC(C)C)cc1. The van der Waals surface area contributed by atoms with Crippen LogP contribution in [-0.2, 0) is 25.7 Å². The summed E-state index contributed by atoms with van der Waals surface area (Å²) in [6, 6.07) is 23.2. The number of carbonyl (C=O) groups is 3. The van der Waals surface area contributed by atoms with Crippen LogP contribution in [0, 0.1) is 18.8 Å². The normalized spacial score (nSPS) is 13.9. The Bertz CT molecular complexity index is 1520. The van der Waals surface area contributed by atoms with E-state index in [1.807, 2.05) is 69.3 Å². The topological polar surface area (TPSA) is 120 Å². The minimum Gasteiger partial charge on any atom is -0.461 e. The lowest BCUT2D eigenvalue weighted by molar-refractivity contribution is -0.152. The third kappa shape index (κ3) is 10.7. The molecule has 0 aliphatic heterocycles. The highest BCUT2D eigenvalue weighted by atomic mass is 31.1. The van der Waals surface area contributed by atoms with Gasteiger partial charge in [0.25, 0.3) is 0 Å². The number of alkyl carbamates (subject to hydrolysis) is 1. The number of amides is 1. The van der Waals surface area contributed by atoms with Gasteiger partial charge >= 0.3 is 12.1 Å². The zero-order chi connectivity index (χ0) is 34.6. The number of nitrogens with zero attached hydrogens (tertiary/aromatic N) is 1. The molecule has 0 saturated heterocycles. The first-order valence-corrected chi connectivity index (χ1v) is 19.2. The first kappa shape index (κ1) is 36.8. The summed E-state index contributed by atoms with van der Waals surface area (Å²) < 4.78 is 11.5. The van der Waals surface area contributed by atoms with Crippen LogP contribution < -0.4 is 11.1 Å². The maximum absolute atomic E-state index is 13.8. The largest absolute Gasteiger partial charge is 0.461 e. The van der Waals surface area contributed by atoms with Gasteiger partial charge in [0, 0.05) is 25.0 Å². The summed E-state index contributed by atoms with van der Waals surface area (Å²) in [7, 11) is -0.207. The van der Waals surface area contributed by atoms with E-state index in [2.05, 4.69) is 47.9 Å². The van der Waals surface area contributed by atoms with Crippen molar-refractivity contribution >= 4 is 31.6 Å². The van der Waals surface area contributed by atoms with Crippen LogP contribution in [-0.4, -0.2) is 62.4 Å². The van der Waals surface area contributed by atoms with Crippen LogP contribution in [0.3, 0.4) is 0 Å². The van der Waals surface area contributed by atoms with Gasteiger partial charge in [-0.3, -0.25) is 14.6 Å². The minimum atomic E-state index is -0.842. The fourth-order valence-corrected chi connectivity index (χ4v) is 6.91. The van der Waals surface area contributed by atoms with Crippen LogP contribution in [0.15, 0.2) is 77.8 Å². The molecule has 0 bridgehead atoms. The third-order valence-corrected chi connectivity index (χ3v) is 9.46. The van der Waals surface area contributed by atoms with Crippen molar-refractivity contribution in [3.8, 4) is 11.1 Å². The standard InChI is InChI=1S/C39H50N3O5P/c1-26(2)21-29(38(44)46-23-28-18-16-27(3)17-19-28)22-36(43)35(15-10-20-41-37(40)25-48(4)5)42-39(45)47-24-34-32-13-8-6-11-30(32)31-12-7-9-14-33(31)34/h6-9,11-14,16-19,26,29,34-35H,10,15,20-25H2,1-5H3,(H2,40,41)(H,42,45)/t29-,35-/m1/s1. The number of nitrogens with two attached hydrogens (primary N) is 1. The van der Waals surface area contributed by atoms with Crippen LogP contribution >= 0.6 is 7.92 Å². The fraction of sp³-hybridized carbons (Fsp3) is 0.436. The molecule has 48 heavy (non-hydrogen) atoms. The number of aliphatic imine (C=N–C) groups is 1. The molecule has 3 aromatic rings. The number of aryl methyl sites for hydroxylation is 1. The lowest BCUT2D eigenvalue weighted by atomic mass is 9.89. The Morgan fingerprint density at radius 1 is 0.917 bits per heavy atom. The van der Waals surface area contributed by atoms with Gasteiger partial charge in [-0.25, -0.2) is 4.79 Å². The lowest BCUT2D eigenvalue weighted by Crippen LogP contribution is -2.43. The van der Waals surface area contributed by atoms with Crippen LogP contribution in [0.1, 0.15) is 67.7 Å². The summed E-state index contributed by atoms with van der Waals surface area (Å²) in [5.74, 6) is -0.600. The predicted molar refractivity (Wildman–Crippen MR) is 195 cm³/mol. The molecule has 1 aliphatic rings. The lowest BCUT2D eigenvalue weighted by Gasteiger charge is -2.22. The summed E-state index contributed by atoms with van der Waals surface area (Å²) in [5.41, 5.74) is 12.6. The van der Waals surface area contributed by atoms with E-state index in [1.165, 1.54) is 0 Å². The number of amidine groups is 1. The van der Waals surface area contributed by atoms with Crippen molar-refractivity contribution < 1.29 is 23.9 Å². The average Bonchev–Trinajstić information content (AvgIpc) is 3.37. The zero-order valence-corrected chi connectivity index (χ0v) is 29.8. The average molecular weight is 672 g/mol. The second-order valence-electron chi connectivity index (χ2n) is 13.4. The highest BCUT2D eigenvalue weighted by Gasteiger charge is 2.31. The number of rotatable bonds is 17. The Kier molecular flexibility index (Phi) is 13.7. The molecule has 0 radical (unpaired) electrons. The van der Waals surface area contributed by atoms with Gasteiger partial charge < -0.3 is 20.5 Å². The molecule has 1 amide bonds. The molecule has 3 aromatic carbocycles. The number of hydrogen-bond acceptors (Lipinski definition) is 6. The summed E-state index contributed by atoms with van der Waals surface area (Å²) in [4.78, 5) is 44.8. The Balaban J connectivity index is 1.43. The first-order valence-electron chi connectivity index (χ1n) is 16.8. The van der Waals surface area contributed by atoms with E-state index in [1.54, 1.807) is 0 Å². The van der Waals surface area contributed by atoms with Gasteiger partial charge in [0.2, 0.25) is 0 Å². The first-order chi connectivity index (χ1) is 23.0. The van der Waals surface area contributed by atoms with Crippen LogP contribution in [0.5, 0.6) is 0 Å². The van der Waals surface area contributed by atoms with E-state index in [0.29, 0.717) is 31.6 Å². The maximum atomic E-state index is 13.8. The number of Topliss-reactive ketones (excluding diaryl/α,β-unsaturated/α-hetero) is 1. The van der Waals surface area contributed by atoms with E-state index in [9.17, 15) is 14.4 Å². The maximum Gasteiger partial charge on any atom is 0.407 e. The number of ketones is 1. The molecule has 1 aliphatic carbocycles. The minimum absolute atomic E-state index is 0.0411. The van der Waals surface area contributed by atoms with Crippen LogP contribution in [0.25, 0.3) is 11.1 Å². The van der Waals surface area contributed by atoms with Gasteiger partial charge in [-0.2, -0.15) is 0 Å². The van der Waals surface area contributed by atoms with Crippen molar-refractivity contribution in [3.05, 3.63) is 95.1 Å². The summed E-state index contributed by atoms with van der Waals surface area (Å²) in [6.45, 7) is 11.0. The Morgan fingerprint density at radius 2 is 1.54 bits per heavy atom. The van der Waals surface area contributed by atoms with Gasteiger partial charge in [0.15, 0.2) is 5.78 Å². The second kappa shape index (κ2) is 17.9. The van der Waals surface area contributed by atoms with E-state index < -0.39 is 24.0 Å². The second-order valence-corrected chi connectivity index (χ2v) is 15.8. The molecule has 3 N–H and O–H groups in total. The quantitative estimate of drug-likeness (QED) is 0.0506. The third-order valence-electron chi connectivity index (χ3n) is 8.51. The molecule has 2 atom stereocenters. The van der Waals surface area contributed by atoms with E-state index in [0.717, 1.165) is 39.5 Å². The number of benzene rings is 3. The highest BCUT2D eigenvalue weighted by molar-refractivity contribution is 7.57. The molecule has 0 unspecified atom stereocenters. The van der Waals surface area contributed by atoms with E-state index in [-0.39, 0.29) is 45.2 Å². The summed E-state index contributed by atoms with van der Waals surface area (Å²) in [6.07, 6.45) is 1.44. The number of nitrogens with one attached hydrogen (secondary N) is 1. The molecule has 9 heteroatoms. The number of carbonyl (C=O) groups excluding carboxylic acids is 3. The van der Waals surface area contributed by atoms with Crippen molar-refractivity contribution in [1.82, 2.24) is 5.32 Å². The van der Waals surface area contributed by atoms with Crippen molar-refractivity contribution in [2.75, 3.05) is 32.6 Å². The van der Waals surface area contributed by atoms with E-state index in [4.69, 9.17) is 15.2 Å². The van der Waals surface area contributed by atoms with Crippen molar-refractivity contribution in [3.63, 3.8) is 0 Å². The van der Waals surface area contributed by atoms with Crippen molar-refractivity contribution in [1.29, 1.82) is 0 Å². The molecule has 0 fully saturated rings. The zero-order valence-electron chi connectivity index (χ0n) is 28.9. The summed E-state index contributed by atoms with van der Waals surface area (Å²) in [5, 5.41) is 2.83. The fourth-order valence-electron chi connectivity index (χ4n) is 6.16. The smallest absolute Gasteiger partial charge is 0.407 e. The van der Waals surface area contributed by atoms with Gasteiger partial charge in [0.1, 0.15) is 13.2 Å². The van der Waals surface area contributed by atoms with Gasteiger partial charge in [-0.15, -0.1) is 7.92 Å². The monoisotopic (exact) mass is 671 g/mol. The molecule has 0 heterocycles. The van der Waals surface area contributed by atoms with Gasteiger partial charge in [0.05, 0.1) is 17.8 Å². The Hall–Kier alpha value is -4.03. The van der Waals surface area contributed by atoms with Gasteiger partial charge in [-0.1, -0.05) is 92.2 Å². The molecular weight excluding hydrogens is 621 g/mol. The molecule has 4 rings (SSSR count). The number of hydrogen-bond donors (Lipinski definition) is 2. The number of ether oxygens (including phenoxy) is 2. The molecule has 8 nitrogen and oxygen atoms in total. The molecule has 0 aromatic heterocycles. The predicted octanol–water partition coefficient (Wildman–Crippen LogP) is 7.45. The van der Waals surface area contributed by atoms with E-state index >= 15 is 0 Å².